The van der Waals surface area contributed by atoms with Gasteiger partial charge in [0, 0.05) is 43.6 Å². The first-order chi connectivity index (χ1) is 17.0. The predicted octanol–water partition coefficient (Wildman–Crippen LogP) is 4.33. The maximum absolute atomic E-state index is 13.1. The molecule has 9 nitrogen and oxygen atoms in total. The van der Waals surface area contributed by atoms with Crippen molar-refractivity contribution >= 4 is 52.1 Å². The summed E-state index contributed by atoms with van der Waals surface area (Å²) in [5.74, 6) is 0.889. The third-order valence-corrected chi connectivity index (χ3v) is 6.62. The van der Waals surface area contributed by atoms with Crippen molar-refractivity contribution in [3.63, 3.8) is 0 Å². The van der Waals surface area contributed by atoms with Gasteiger partial charge in [0.2, 0.25) is 11.8 Å². The van der Waals surface area contributed by atoms with Crippen LogP contribution in [-0.4, -0.2) is 55.4 Å². The molecule has 0 bridgehead atoms. The molecule has 1 fully saturated rings. The number of para-hydroxylation sites is 1. The number of rotatable bonds is 5. The Hall–Kier alpha value is -3.27. The Morgan fingerprint density at radius 1 is 1.23 bits per heavy atom. The number of halogens is 2. The molecule has 1 saturated heterocycles. The molecule has 5 rings (SSSR count). The fourth-order valence-corrected chi connectivity index (χ4v) is 4.85. The van der Waals surface area contributed by atoms with Crippen molar-refractivity contribution in [2.75, 3.05) is 48.6 Å². The molecule has 182 valence electrons. The summed E-state index contributed by atoms with van der Waals surface area (Å²) in [6.45, 7) is 4.86. The molecule has 0 unspecified atom stereocenters. The van der Waals surface area contributed by atoms with Gasteiger partial charge in [-0.05, 0) is 31.2 Å². The molecule has 0 aliphatic carbocycles. The number of amides is 1. The second-order valence-electron chi connectivity index (χ2n) is 8.25. The number of benzene rings is 2. The molecule has 1 atom stereocenters. The van der Waals surface area contributed by atoms with Crippen molar-refractivity contribution < 1.29 is 14.3 Å². The first-order valence-electron chi connectivity index (χ1n) is 11.1. The smallest absolute Gasteiger partial charge is 0.268 e. The molecular weight excluding hydrogens is 491 g/mol. The molecule has 3 aromatic rings. The van der Waals surface area contributed by atoms with Gasteiger partial charge >= 0.3 is 0 Å². The second-order valence-corrected chi connectivity index (χ2v) is 9.06. The summed E-state index contributed by atoms with van der Waals surface area (Å²) in [4.78, 5) is 25.5. The van der Waals surface area contributed by atoms with Crippen LogP contribution in [0.1, 0.15) is 17.3 Å². The van der Waals surface area contributed by atoms with E-state index in [0.717, 1.165) is 36.8 Å². The van der Waals surface area contributed by atoms with Crippen LogP contribution in [0.3, 0.4) is 0 Å². The summed E-state index contributed by atoms with van der Waals surface area (Å²) in [5, 5.41) is 7.27. The lowest BCUT2D eigenvalue weighted by atomic mass is 10.1. The Bertz CT molecular complexity index is 1250. The molecule has 2 N–H and O–H groups in total. The van der Waals surface area contributed by atoms with Gasteiger partial charge in [0.15, 0.2) is 6.73 Å². The monoisotopic (exact) mass is 514 g/mol. The summed E-state index contributed by atoms with van der Waals surface area (Å²) in [6, 6.07) is 11.3. The fraction of sp³-hybridized carbons (Fsp3) is 0.292. The van der Waals surface area contributed by atoms with Crippen LogP contribution in [0, 0.1) is 0 Å². The zero-order valence-corrected chi connectivity index (χ0v) is 20.7. The highest BCUT2D eigenvalue weighted by Gasteiger charge is 2.31. The number of ether oxygens (including phenoxy) is 2. The summed E-state index contributed by atoms with van der Waals surface area (Å²) in [7, 11) is 1.65. The summed E-state index contributed by atoms with van der Waals surface area (Å²) < 4.78 is 11.4. The third-order valence-electron chi connectivity index (χ3n) is 6.01. The molecule has 3 heterocycles. The average Bonchev–Trinajstić information content (AvgIpc) is 2.85. The van der Waals surface area contributed by atoms with Crippen LogP contribution >= 0.6 is 23.2 Å². The Morgan fingerprint density at radius 2 is 2.03 bits per heavy atom. The molecule has 0 spiro atoms. The zero-order chi connectivity index (χ0) is 24.5. The van der Waals surface area contributed by atoms with E-state index in [1.165, 1.54) is 11.1 Å². The maximum atomic E-state index is 13.1. The molecule has 11 heteroatoms. The third kappa shape index (κ3) is 4.54. The average molecular weight is 515 g/mol. The van der Waals surface area contributed by atoms with Gasteiger partial charge < -0.3 is 25.0 Å². The zero-order valence-electron chi connectivity index (χ0n) is 19.2. The second kappa shape index (κ2) is 9.77. The first-order valence-corrected chi connectivity index (χ1v) is 11.9. The van der Waals surface area contributed by atoms with E-state index in [0.29, 0.717) is 27.7 Å². The highest BCUT2D eigenvalue weighted by atomic mass is 35.5. The van der Waals surface area contributed by atoms with Crippen LogP contribution in [0.25, 0.3) is 0 Å². The summed E-state index contributed by atoms with van der Waals surface area (Å²) in [5.41, 5.74) is 2.39. The van der Waals surface area contributed by atoms with Crippen molar-refractivity contribution in [3.8, 4) is 11.6 Å². The fourth-order valence-electron chi connectivity index (χ4n) is 4.25. The topological polar surface area (TPSA) is 91.8 Å². The first kappa shape index (κ1) is 23.5. The standard InChI is InChI=1S/C24H24Cl2N6O3/c1-14-11-27-8-9-31(14)19-7-6-15(10-20(19)34-2)29-24-28-12-16-22(30-24)35-13-32(23(16)33)21-17(25)4-3-5-18(21)26/h3-7,10,12,14,27H,8-9,11,13H2,1-2H3,(H,28,29,30)/t14-/m1/s1. The van der Waals surface area contributed by atoms with Crippen LogP contribution in [0.2, 0.25) is 10.0 Å². The summed E-state index contributed by atoms with van der Waals surface area (Å²) >= 11 is 12.5. The normalized spacial score (nSPS) is 17.6. The van der Waals surface area contributed by atoms with E-state index in [-0.39, 0.29) is 24.1 Å². The Labute approximate surface area is 213 Å². The van der Waals surface area contributed by atoms with E-state index in [9.17, 15) is 4.79 Å². The van der Waals surface area contributed by atoms with Crippen LogP contribution in [-0.2, 0) is 0 Å². The van der Waals surface area contributed by atoms with Crippen LogP contribution in [0.4, 0.5) is 23.0 Å². The van der Waals surface area contributed by atoms with E-state index in [4.69, 9.17) is 32.7 Å². The lowest BCUT2D eigenvalue weighted by Crippen LogP contribution is -2.50. The summed E-state index contributed by atoms with van der Waals surface area (Å²) in [6.07, 6.45) is 1.43. The number of carbonyl (C=O) groups excluding carboxylic acids is 1. The Balaban J connectivity index is 1.36. The molecule has 2 aliphatic heterocycles. The Kier molecular flexibility index (Phi) is 6.55. The quantitative estimate of drug-likeness (QED) is 0.519. The van der Waals surface area contributed by atoms with Crippen molar-refractivity contribution in [1.82, 2.24) is 15.3 Å². The van der Waals surface area contributed by atoms with Crippen molar-refractivity contribution in [2.24, 2.45) is 0 Å². The minimum atomic E-state index is -0.344. The van der Waals surface area contributed by atoms with E-state index >= 15 is 0 Å². The number of nitrogens with zero attached hydrogens (tertiary/aromatic N) is 4. The molecular formula is C24H24Cl2N6O3. The molecule has 0 radical (unpaired) electrons. The molecule has 1 aromatic heterocycles. The van der Waals surface area contributed by atoms with Gasteiger partial charge in [-0.3, -0.25) is 9.69 Å². The molecule has 2 aromatic carbocycles. The van der Waals surface area contributed by atoms with Gasteiger partial charge in [-0.15, -0.1) is 0 Å². The molecule has 0 saturated carbocycles. The maximum Gasteiger partial charge on any atom is 0.268 e. The minimum Gasteiger partial charge on any atom is -0.495 e. The van der Waals surface area contributed by atoms with E-state index in [1.807, 2.05) is 18.2 Å². The molecule has 35 heavy (non-hydrogen) atoms. The van der Waals surface area contributed by atoms with Gasteiger partial charge in [-0.25, -0.2) is 4.98 Å². The number of aromatic nitrogens is 2. The lowest BCUT2D eigenvalue weighted by Gasteiger charge is -2.36. The van der Waals surface area contributed by atoms with Crippen LogP contribution < -0.4 is 29.9 Å². The number of nitrogens with one attached hydrogen (secondary N) is 2. The number of anilines is 4. The highest BCUT2D eigenvalue weighted by molar-refractivity contribution is 6.40. The van der Waals surface area contributed by atoms with E-state index in [1.54, 1.807) is 25.3 Å². The number of fused-ring (bicyclic) bond motifs is 1. The number of piperazine rings is 1. The lowest BCUT2D eigenvalue weighted by molar-refractivity contribution is 0.0932. The van der Waals surface area contributed by atoms with Crippen molar-refractivity contribution in [1.29, 1.82) is 0 Å². The number of hydrogen-bond donors (Lipinski definition) is 2. The van der Waals surface area contributed by atoms with Crippen LogP contribution in [0.15, 0.2) is 42.6 Å². The van der Waals surface area contributed by atoms with Gasteiger partial charge in [0.25, 0.3) is 5.91 Å². The molecule has 1 amide bonds. The Morgan fingerprint density at radius 3 is 2.77 bits per heavy atom. The minimum absolute atomic E-state index is 0.0723. The van der Waals surface area contributed by atoms with Crippen molar-refractivity contribution in [2.45, 2.75) is 13.0 Å². The largest absolute Gasteiger partial charge is 0.495 e. The van der Waals surface area contributed by atoms with Gasteiger partial charge in [0.05, 0.1) is 28.5 Å². The van der Waals surface area contributed by atoms with Gasteiger partial charge in [0.1, 0.15) is 11.3 Å². The van der Waals surface area contributed by atoms with Gasteiger partial charge in [-0.2, -0.15) is 4.98 Å². The highest BCUT2D eigenvalue weighted by Crippen LogP contribution is 2.37. The number of hydrogen-bond acceptors (Lipinski definition) is 8. The van der Waals surface area contributed by atoms with E-state index < -0.39 is 0 Å². The molecule has 2 aliphatic rings. The van der Waals surface area contributed by atoms with Gasteiger partial charge in [-0.1, -0.05) is 29.3 Å². The number of carbonyl (C=O) groups is 1. The number of methoxy groups -OCH3 is 1. The SMILES string of the molecule is COc1cc(Nc2ncc3c(n2)OCN(c2c(Cl)cccc2Cl)C3=O)ccc1N1CCNC[C@H]1C. The van der Waals surface area contributed by atoms with Crippen LogP contribution in [0.5, 0.6) is 11.6 Å². The predicted molar refractivity (Wildman–Crippen MR) is 137 cm³/mol. The van der Waals surface area contributed by atoms with Crippen molar-refractivity contribution in [3.05, 3.63) is 58.2 Å². The van der Waals surface area contributed by atoms with E-state index in [2.05, 4.69) is 32.4 Å².